The van der Waals surface area contributed by atoms with Crippen molar-refractivity contribution in [2.45, 2.75) is 6.10 Å². The molecule has 0 amide bonds. The largest absolute Gasteiger partial charge is 0.483 e. The second-order valence-electron chi connectivity index (χ2n) is 3.54. The predicted octanol–water partition coefficient (Wildman–Crippen LogP) is 1.20. The van der Waals surface area contributed by atoms with Crippen molar-refractivity contribution in [2.24, 2.45) is 0 Å². The first-order valence-corrected chi connectivity index (χ1v) is 5.00. The van der Waals surface area contributed by atoms with E-state index < -0.39 is 5.97 Å². The summed E-state index contributed by atoms with van der Waals surface area (Å²) in [5.74, 6) is -0.409. The molecule has 1 aliphatic heterocycles. The number of hydrogen-bond donors (Lipinski definition) is 2. The fraction of sp³-hybridized carbons (Fsp3) is 0.364. The Morgan fingerprint density at radius 3 is 2.81 bits per heavy atom. The summed E-state index contributed by atoms with van der Waals surface area (Å²) < 4.78 is 10.6. The normalized spacial score (nSPS) is 15.3. The zero-order chi connectivity index (χ0) is 11.5. The fourth-order valence-corrected chi connectivity index (χ4v) is 1.42. The van der Waals surface area contributed by atoms with E-state index in [2.05, 4.69) is 5.32 Å². The maximum atomic E-state index is 10.8. The molecule has 0 bridgehead atoms. The summed E-state index contributed by atoms with van der Waals surface area (Å²) in [6.07, 6.45) is 0.0242. The molecule has 2 N–H and O–H groups in total. The highest BCUT2D eigenvalue weighted by Crippen LogP contribution is 2.27. The maximum absolute atomic E-state index is 10.8. The quantitative estimate of drug-likeness (QED) is 0.802. The highest BCUT2D eigenvalue weighted by Gasteiger charge is 2.21. The van der Waals surface area contributed by atoms with Gasteiger partial charge in [0.05, 0.1) is 24.5 Å². The molecule has 5 nitrogen and oxygen atoms in total. The Kier molecular flexibility index (Phi) is 2.96. The van der Waals surface area contributed by atoms with Gasteiger partial charge in [0.25, 0.3) is 0 Å². The van der Waals surface area contributed by atoms with Crippen LogP contribution in [0.3, 0.4) is 0 Å². The van der Waals surface area contributed by atoms with Crippen molar-refractivity contribution in [3.63, 3.8) is 0 Å². The van der Waals surface area contributed by atoms with Gasteiger partial charge in [-0.2, -0.15) is 0 Å². The van der Waals surface area contributed by atoms with Crippen molar-refractivity contribution in [3.05, 3.63) is 23.8 Å². The number of carboxylic acid groups (broad SMARTS) is 1. The molecule has 1 aliphatic rings. The number of carboxylic acids is 1. The van der Waals surface area contributed by atoms with E-state index in [1.54, 1.807) is 13.1 Å². The minimum Gasteiger partial charge on any atom is -0.483 e. The lowest BCUT2D eigenvalue weighted by Crippen LogP contribution is -2.38. The standard InChI is InChI=1S/C11H13NO4/c1-12-9-3-2-7(11(13)14)4-10(9)16-8-5-15-6-8/h2-4,8,12H,5-6H2,1H3,(H,13,14). The Morgan fingerprint density at radius 2 is 2.31 bits per heavy atom. The monoisotopic (exact) mass is 223 g/mol. The van der Waals surface area contributed by atoms with Gasteiger partial charge in [-0.25, -0.2) is 4.79 Å². The molecular weight excluding hydrogens is 210 g/mol. The van der Waals surface area contributed by atoms with Crippen LogP contribution in [-0.2, 0) is 4.74 Å². The molecule has 1 aromatic rings. The van der Waals surface area contributed by atoms with Crippen molar-refractivity contribution >= 4 is 11.7 Å². The molecule has 1 heterocycles. The molecule has 5 heteroatoms. The van der Waals surface area contributed by atoms with Gasteiger partial charge in [0.15, 0.2) is 0 Å². The molecule has 0 unspecified atom stereocenters. The molecule has 0 radical (unpaired) electrons. The van der Waals surface area contributed by atoms with Crippen molar-refractivity contribution in [1.29, 1.82) is 0 Å². The maximum Gasteiger partial charge on any atom is 0.335 e. The Morgan fingerprint density at radius 1 is 1.56 bits per heavy atom. The smallest absolute Gasteiger partial charge is 0.335 e. The van der Waals surface area contributed by atoms with E-state index >= 15 is 0 Å². The Bertz CT molecular complexity index is 401. The van der Waals surface area contributed by atoms with Gasteiger partial charge in [-0.05, 0) is 18.2 Å². The van der Waals surface area contributed by atoms with E-state index in [-0.39, 0.29) is 11.7 Å². The van der Waals surface area contributed by atoms with E-state index in [1.807, 2.05) is 0 Å². The van der Waals surface area contributed by atoms with E-state index in [0.29, 0.717) is 19.0 Å². The van der Waals surface area contributed by atoms with Gasteiger partial charge in [0, 0.05) is 7.05 Å². The van der Waals surface area contributed by atoms with Gasteiger partial charge in [0.1, 0.15) is 11.9 Å². The van der Waals surface area contributed by atoms with Gasteiger partial charge in [0.2, 0.25) is 0 Å². The third-order valence-corrected chi connectivity index (χ3v) is 2.40. The van der Waals surface area contributed by atoms with Crippen molar-refractivity contribution in [2.75, 3.05) is 25.6 Å². The van der Waals surface area contributed by atoms with Crippen molar-refractivity contribution in [1.82, 2.24) is 0 Å². The zero-order valence-corrected chi connectivity index (χ0v) is 8.90. The predicted molar refractivity (Wildman–Crippen MR) is 58.2 cm³/mol. The fourth-order valence-electron chi connectivity index (χ4n) is 1.42. The second kappa shape index (κ2) is 4.40. The third-order valence-electron chi connectivity index (χ3n) is 2.40. The van der Waals surface area contributed by atoms with E-state index in [0.717, 1.165) is 5.69 Å². The van der Waals surface area contributed by atoms with E-state index in [1.165, 1.54) is 12.1 Å². The van der Waals surface area contributed by atoms with Crippen LogP contribution in [0.15, 0.2) is 18.2 Å². The van der Waals surface area contributed by atoms with Crippen LogP contribution in [-0.4, -0.2) is 37.4 Å². The summed E-state index contributed by atoms with van der Waals surface area (Å²) in [4.78, 5) is 10.8. The van der Waals surface area contributed by atoms with Gasteiger partial charge in [-0.1, -0.05) is 0 Å². The van der Waals surface area contributed by atoms with Crippen LogP contribution < -0.4 is 10.1 Å². The number of benzene rings is 1. The van der Waals surface area contributed by atoms with Crippen LogP contribution in [0.1, 0.15) is 10.4 Å². The molecule has 1 saturated heterocycles. The van der Waals surface area contributed by atoms with Gasteiger partial charge in [-0.15, -0.1) is 0 Å². The highest BCUT2D eigenvalue weighted by molar-refractivity contribution is 5.89. The van der Waals surface area contributed by atoms with Crippen LogP contribution in [0.4, 0.5) is 5.69 Å². The summed E-state index contributed by atoms with van der Waals surface area (Å²) in [6, 6.07) is 4.75. The van der Waals surface area contributed by atoms with Crippen LogP contribution in [0, 0.1) is 0 Å². The minimum absolute atomic E-state index is 0.0242. The van der Waals surface area contributed by atoms with Crippen molar-refractivity contribution in [3.8, 4) is 5.75 Å². The first-order chi connectivity index (χ1) is 7.70. The number of rotatable bonds is 4. The van der Waals surface area contributed by atoms with Crippen LogP contribution in [0.5, 0.6) is 5.75 Å². The Labute approximate surface area is 93.0 Å². The van der Waals surface area contributed by atoms with Crippen LogP contribution in [0.25, 0.3) is 0 Å². The molecule has 1 fully saturated rings. The first-order valence-electron chi connectivity index (χ1n) is 5.00. The van der Waals surface area contributed by atoms with Crippen molar-refractivity contribution < 1.29 is 19.4 Å². The third kappa shape index (κ3) is 2.09. The van der Waals surface area contributed by atoms with Gasteiger partial charge < -0.3 is 19.9 Å². The summed E-state index contributed by atoms with van der Waals surface area (Å²) >= 11 is 0. The minimum atomic E-state index is -0.961. The topological polar surface area (TPSA) is 67.8 Å². The molecule has 0 aromatic heterocycles. The SMILES string of the molecule is CNc1ccc(C(=O)O)cc1OC1COC1. The summed E-state index contributed by atoms with van der Waals surface area (Å²) in [6.45, 7) is 1.11. The molecule has 1 aromatic carbocycles. The lowest BCUT2D eigenvalue weighted by Gasteiger charge is -2.27. The molecule has 0 atom stereocenters. The van der Waals surface area contributed by atoms with Gasteiger partial charge in [-0.3, -0.25) is 0 Å². The molecular formula is C11H13NO4. The highest BCUT2D eigenvalue weighted by atomic mass is 16.6. The number of anilines is 1. The molecule has 0 aliphatic carbocycles. The molecule has 0 spiro atoms. The molecule has 2 rings (SSSR count). The van der Waals surface area contributed by atoms with E-state index in [9.17, 15) is 4.79 Å². The number of carbonyl (C=O) groups is 1. The van der Waals surface area contributed by atoms with Crippen LogP contribution in [0.2, 0.25) is 0 Å². The lowest BCUT2D eigenvalue weighted by atomic mass is 10.2. The van der Waals surface area contributed by atoms with E-state index in [4.69, 9.17) is 14.6 Å². The van der Waals surface area contributed by atoms with Gasteiger partial charge >= 0.3 is 5.97 Å². The lowest BCUT2D eigenvalue weighted by molar-refractivity contribution is -0.0794. The number of hydrogen-bond acceptors (Lipinski definition) is 4. The average Bonchev–Trinajstić information content (AvgIpc) is 2.23. The number of nitrogens with one attached hydrogen (secondary N) is 1. The zero-order valence-electron chi connectivity index (χ0n) is 8.90. The van der Waals surface area contributed by atoms with Crippen LogP contribution >= 0.6 is 0 Å². The summed E-state index contributed by atoms with van der Waals surface area (Å²) in [5, 5.41) is 11.8. The molecule has 86 valence electrons. The summed E-state index contributed by atoms with van der Waals surface area (Å²) in [7, 11) is 1.76. The average molecular weight is 223 g/mol. The molecule has 0 saturated carbocycles. The number of ether oxygens (including phenoxy) is 2. The summed E-state index contributed by atoms with van der Waals surface area (Å²) in [5.41, 5.74) is 0.992. The number of aromatic carboxylic acids is 1. The first kappa shape index (κ1) is 10.8. The Balaban J connectivity index is 2.23. The Hall–Kier alpha value is -1.75. The molecule has 16 heavy (non-hydrogen) atoms. The second-order valence-corrected chi connectivity index (χ2v) is 3.54.